The number of rotatable bonds is 4. The summed E-state index contributed by atoms with van der Waals surface area (Å²) in [7, 11) is 0. The highest BCUT2D eigenvalue weighted by Gasteiger charge is 2.23. The van der Waals surface area contributed by atoms with Crippen molar-refractivity contribution in [3.8, 4) is 17.3 Å². The van der Waals surface area contributed by atoms with Gasteiger partial charge in [0.25, 0.3) is 0 Å². The lowest BCUT2D eigenvalue weighted by molar-refractivity contribution is -0.0365. The Bertz CT molecular complexity index is 854. The molecule has 6 heteroatoms. The predicted molar refractivity (Wildman–Crippen MR) is 95.4 cm³/mol. The largest absolute Gasteiger partial charge is 0.491 e. The van der Waals surface area contributed by atoms with Crippen LogP contribution in [0, 0.1) is 0 Å². The second kappa shape index (κ2) is 6.80. The zero-order chi connectivity index (χ0) is 17.2. The summed E-state index contributed by atoms with van der Waals surface area (Å²) >= 11 is 0. The molecule has 3 aromatic rings. The molecule has 0 bridgehead atoms. The van der Waals surface area contributed by atoms with E-state index in [0.717, 1.165) is 48.2 Å². The molecule has 1 aliphatic heterocycles. The molecule has 130 valence electrons. The van der Waals surface area contributed by atoms with Gasteiger partial charge in [-0.15, -0.1) is 0 Å². The van der Waals surface area contributed by atoms with Crippen molar-refractivity contribution in [1.82, 2.24) is 19.7 Å². The predicted octanol–water partition coefficient (Wildman–Crippen LogP) is 3.98. The maximum absolute atomic E-state index is 5.94. The van der Waals surface area contributed by atoms with Crippen molar-refractivity contribution in [3.05, 3.63) is 36.7 Å². The second-order valence-corrected chi connectivity index (χ2v) is 6.53. The summed E-state index contributed by atoms with van der Waals surface area (Å²) in [6, 6.07) is 7.86. The Hall–Kier alpha value is -2.47. The first-order chi connectivity index (χ1) is 12.2. The Morgan fingerprint density at radius 2 is 2.04 bits per heavy atom. The third-order valence-electron chi connectivity index (χ3n) is 4.26. The van der Waals surface area contributed by atoms with Gasteiger partial charge in [-0.2, -0.15) is 5.10 Å². The van der Waals surface area contributed by atoms with Crippen LogP contribution >= 0.6 is 0 Å². The maximum Gasteiger partial charge on any atom is 0.180 e. The normalized spacial score (nSPS) is 18.0. The molecule has 6 nitrogen and oxygen atoms in total. The van der Waals surface area contributed by atoms with Gasteiger partial charge in [-0.3, -0.25) is 0 Å². The number of fused-ring (bicyclic) bond motifs is 1. The summed E-state index contributed by atoms with van der Waals surface area (Å²) in [5.74, 6) is 1.44. The lowest BCUT2D eigenvalue weighted by atomic mass is 10.1. The summed E-state index contributed by atoms with van der Waals surface area (Å²) in [6.07, 6.45) is 6.78. The summed E-state index contributed by atoms with van der Waals surface area (Å²) < 4.78 is 13.8. The minimum Gasteiger partial charge on any atom is -0.491 e. The average molecular weight is 338 g/mol. The van der Waals surface area contributed by atoms with E-state index in [9.17, 15) is 0 Å². The van der Waals surface area contributed by atoms with Crippen molar-refractivity contribution < 1.29 is 9.47 Å². The molecule has 1 aromatic carbocycles. The molecule has 1 fully saturated rings. The van der Waals surface area contributed by atoms with Gasteiger partial charge in [-0.05, 0) is 57.4 Å². The molecule has 1 saturated heterocycles. The van der Waals surface area contributed by atoms with Crippen LogP contribution in [0.15, 0.2) is 36.7 Å². The first kappa shape index (κ1) is 16.0. The highest BCUT2D eigenvalue weighted by Crippen LogP contribution is 2.33. The fourth-order valence-corrected chi connectivity index (χ4v) is 3.19. The minimum atomic E-state index is -0.0365. The van der Waals surface area contributed by atoms with Crippen molar-refractivity contribution in [2.45, 2.75) is 45.4 Å². The van der Waals surface area contributed by atoms with E-state index in [1.165, 1.54) is 0 Å². The molecule has 0 amide bonds. The van der Waals surface area contributed by atoms with E-state index in [4.69, 9.17) is 14.6 Å². The highest BCUT2D eigenvalue weighted by atomic mass is 16.5. The van der Waals surface area contributed by atoms with Crippen LogP contribution in [-0.4, -0.2) is 32.5 Å². The van der Waals surface area contributed by atoms with Crippen LogP contribution in [0.4, 0.5) is 0 Å². The SMILES string of the molecule is CC(C)Oc1ccc2c(c1)c(-c1ncccn1)nn2C1CCCCO1. The van der Waals surface area contributed by atoms with Crippen LogP contribution in [0.1, 0.15) is 39.3 Å². The second-order valence-electron chi connectivity index (χ2n) is 6.53. The quantitative estimate of drug-likeness (QED) is 0.720. The van der Waals surface area contributed by atoms with Crippen molar-refractivity contribution in [3.63, 3.8) is 0 Å². The molecule has 1 aliphatic rings. The van der Waals surface area contributed by atoms with Gasteiger partial charge in [0.05, 0.1) is 11.6 Å². The number of aromatic nitrogens is 4. The van der Waals surface area contributed by atoms with Gasteiger partial charge in [0, 0.05) is 24.4 Å². The monoisotopic (exact) mass is 338 g/mol. The van der Waals surface area contributed by atoms with Crippen molar-refractivity contribution in [2.75, 3.05) is 6.61 Å². The van der Waals surface area contributed by atoms with Crippen LogP contribution in [0.2, 0.25) is 0 Å². The Labute approximate surface area is 146 Å². The fourth-order valence-electron chi connectivity index (χ4n) is 3.19. The van der Waals surface area contributed by atoms with Gasteiger partial charge in [0.1, 0.15) is 11.4 Å². The topological polar surface area (TPSA) is 62.1 Å². The van der Waals surface area contributed by atoms with Gasteiger partial charge >= 0.3 is 0 Å². The lowest BCUT2D eigenvalue weighted by Crippen LogP contribution is -2.19. The van der Waals surface area contributed by atoms with Crippen LogP contribution in [0.5, 0.6) is 5.75 Å². The molecule has 3 heterocycles. The molecular weight excluding hydrogens is 316 g/mol. The fraction of sp³-hybridized carbons (Fsp3) is 0.421. The Kier molecular flexibility index (Phi) is 4.36. The van der Waals surface area contributed by atoms with E-state index in [-0.39, 0.29) is 12.3 Å². The zero-order valence-corrected chi connectivity index (χ0v) is 14.6. The Morgan fingerprint density at radius 3 is 2.76 bits per heavy atom. The molecule has 4 rings (SSSR count). The number of hydrogen-bond donors (Lipinski definition) is 0. The van der Waals surface area contributed by atoms with E-state index in [2.05, 4.69) is 9.97 Å². The Morgan fingerprint density at radius 1 is 1.20 bits per heavy atom. The summed E-state index contributed by atoms with van der Waals surface area (Å²) in [4.78, 5) is 8.76. The van der Waals surface area contributed by atoms with Gasteiger partial charge in [0.15, 0.2) is 12.1 Å². The minimum absolute atomic E-state index is 0.0365. The first-order valence-electron chi connectivity index (χ1n) is 8.80. The molecular formula is C19H22N4O2. The number of benzene rings is 1. The maximum atomic E-state index is 5.94. The first-order valence-corrected chi connectivity index (χ1v) is 8.80. The van der Waals surface area contributed by atoms with Gasteiger partial charge in [-0.25, -0.2) is 14.6 Å². The third kappa shape index (κ3) is 3.22. The third-order valence-corrected chi connectivity index (χ3v) is 4.26. The highest BCUT2D eigenvalue weighted by molar-refractivity contribution is 5.92. The molecule has 0 saturated carbocycles. The Balaban J connectivity index is 1.86. The van der Waals surface area contributed by atoms with Crippen molar-refractivity contribution in [2.24, 2.45) is 0 Å². The van der Waals surface area contributed by atoms with Crippen LogP contribution in [0.25, 0.3) is 22.4 Å². The molecule has 0 aliphatic carbocycles. The zero-order valence-electron chi connectivity index (χ0n) is 14.6. The molecule has 0 N–H and O–H groups in total. The van der Waals surface area contributed by atoms with Gasteiger partial charge in [-0.1, -0.05) is 0 Å². The average Bonchev–Trinajstić information content (AvgIpc) is 3.01. The van der Waals surface area contributed by atoms with Crippen molar-refractivity contribution in [1.29, 1.82) is 0 Å². The van der Waals surface area contributed by atoms with Gasteiger partial charge in [0.2, 0.25) is 0 Å². The smallest absolute Gasteiger partial charge is 0.180 e. The summed E-state index contributed by atoms with van der Waals surface area (Å²) in [5.41, 5.74) is 1.78. The molecule has 2 aromatic heterocycles. The molecule has 1 atom stereocenters. The van der Waals surface area contributed by atoms with E-state index in [1.54, 1.807) is 18.5 Å². The summed E-state index contributed by atoms with van der Waals surface area (Å²) in [6.45, 7) is 4.81. The molecule has 25 heavy (non-hydrogen) atoms. The number of nitrogens with zero attached hydrogens (tertiary/aromatic N) is 4. The van der Waals surface area contributed by atoms with E-state index >= 15 is 0 Å². The van der Waals surface area contributed by atoms with E-state index in [1.807, 2.05) is 36.7 Å². The number of hydrogen-bond acceptors (Lipinski definition) is 5. The summed E-state index contributed by atoms with van der Waals surface area (Å²) in [5, 5.41) is 5.80. The van der Waals surface area contributed by atoms with Crippen LogP contribution < -0.4 is 4.74 Å². The molecule has 1 unspecified atom stereocenters. The van der Waals surface area contributed by atoms with Crippen LogP contribution in [0.3, 0.4) is 0 Å². The van der Waals surface area contributed by atoms with Gasteiger partial charge < -0.3 is 9.47 Å². The molecule has 0 radical (unpaired) electrons. The lowest BCUT2D eigenvalue weighted by Gasteiger charge is -2.23. The molecule has 0 spiro atoms. The van der Waals surface area contributed by atoms with Crippen LogP contribution in [-0.2, 0) is 4.74 Å². The standard InChI is InChI=1S/C19H22N4O2/c1-13(2)25-14-7-8-16-15(12-14)18(19-20-9-5-10-21-19)22-23(16)17-6-3-4-11-24-17/h5,7-10,12-13,17H,3-4,6,11H2,1-2H3. The van der Waals surface area contributed by atoms with E-state index < -0.39 is 0 Å². The van der Waals surface area contributed by atoms with E-state index in [0.29, 0.717) is 5.82 Å². The van der Waals surface area contributed by atoms with Crippen molar-refractivity contribution >= 4 is 10.9 Å². The number of ether oxygens (including phenoxy) is 2.